The summed E-state index contributed by atoms with van der Waals surface area (Å²) in [4.78, 5) is 23.7. The van der Waals surface area contributed by atoms with Crippen LogP contribution in [0.3, 0.4) is 0 Å². The molecule has 0 radical (unpaired) electrons. The summed E-state index contributed by atoms with van der Waals surface area (Å²) in [5.41, 5.74) is 7.45. The van der Waals surface area contributed by atoms with E-state index in [2.05, 4.69) is 24.3 Å². The van der Waals surface area contributed by atoms with Crippen LogP contribution in [0.5, 0.6) is 0 Å². The molecule has 0 spiro atoms. The predicted molar refractivity (Wildman–Crippen MR) is 95.9 cm³/mol. The molecule has 3 aliphatic rings. The largest absolute Gasteiger partial charge is 0.386 e. The fourth-order valence-electron chi connectivity index (χ4n) is 3.63. The number of allylic oxidation sites excluding steroid dienone is 3. The first-order valence-electron chi connectivity index (χ1n) is 8.04. The highest BCUT2D eigenvalue weighted by atomic mass is 16.6. The Morgan fingerprint density at radius 3 is 2.16 bits per heavy atom. The molecule has 0 saturated carbocycles. The summed E-state index contributed by atoms with van der Waals surface area (Å²) in [6.45, 7) is 0. The lowest BCUT2D eigenvalue weighted by molar-refractivity contribution is -0.150. The van der Waals surface area contributed by atoms with Gasteiger partial charge in [-0.2, -0.15) is 0 Å². The van der Waals surface area contributed by atoms with E-state index < -0.39 is 11.9 Å². The molecule has 0 fully saturated rings. The number of hydrogen-bond acceptors (Lipinski definition) is 3. The number of ether oxygens (including phenoxy) is 1. The van der Waals surface area contributed by atoms with E-state index in [-0.39, 0.29) is 0 Å². The number of rotatable bonds is 1. The lowest BCUT2D eigenvalue weighted by atomic mass is 9.90. The average molecular weight is 324 g/mol. The van der Waals surface area contributed by atoms with Gasteiger partial charge in [-0.25, -0.2) is 9.59 Å². The highest BCUT2D eigenvalue weighted by Crippen LogP contribution is 2.47. The van der Waals surface area contributed by atoms with Gasteiger partial charge in [-0.05, 0) is 45.0 Å². The summed E-state index contributed by atoms with van der Waals surface area (Å²) in [7, 11) is 0. The third-order valence-corrected chi connectivity index (χ3v) is 4.71. The molecular weight excluding hydrogens is 312 g/mol. The first kappa shape index (κ1) is 13.9. The van der Waals surface area contributed by atoms with Crippen molar-refractivity contribution in [2.45, 2.75) is 0 Å². The minimum absolute atomic E-state index is 0.321. The van der Waals surface area contributed by atoms with Gasteiger partial charge >= 0.3 is 11.9 Å². The Bertz CT molecular complexity index is 1090. The molecular formula is C22H12O3. The van der Waals surface area contributed by atoms with E-state index in [9.17, 15) is 9.59 Å². The number of carbonyl (C=O) groups is 2. The van der Waals surface area contributed by atoms with Crippen molar-refractivity contribution in [3.63, 3.8) is 0 Å². The van der Waals surface area contributed by atoms with Crippen LogP contribution in [-0.4, -0.2) is 11.9 Å². The van der Waals surface area contributed by atoms with Gasteiger partial charge in [0.25, 0.3) is 0 Å². The minimum atomic E-state index is -0.608. The van der Waals surface area contributed by atoms with Crippen molar-refractivity contribution >= 4 is 35.2 Å². The molecule has 0 unspecified atom stereocenters. The Morgan fingerprint density at radius 1 is 0.680 bits per heavy atom. The zero-order valence-electron chi connectivity index (χ0n) is 13.2. The first-order valence-corrected chi connectivity index (χ1v) is 8.04. The van der Waals surface area contributed by atoms with E-state index in [0.717, 1.165) is 39.0 Å². The van der Waals surface area contributed by atoms with Crippen LogP contribution in [0.25, 0.3) is 23.3 Å². The lowest BCUT2D eigenvalue weighted by Crippen LogP contribution is -2.04. The zero-order valence-corrected chi connectivity index (χ0v) is 13.2. The minimum Gasteiger partial charge on any atom is -0.386 e. The Morgan fingerprint density at radius 2 is 1.40 bits per heavy atom. The molecule has 1 heterocycles. The zero-order chi connectivity index (χ0) is 17.0. The van der Waals surface area contributed by atoms with Gasteiger partial charge in [0.15, 0.2) is 0 Å². The van der Waals surface area contributed by atoms with Crippen molar-refractivity contribution in [1.29, 1.82) is 0 Å². The Kier molecular flexibility index (Phi) is 2.80. The maximum atomic E-state index is 12.1. The number of benzene rings is 2. The summed E-state index contributed by atoms with van der Waals surface area (Å²) in [6.07, 6.45) is 7.38. The van der Waals surface area contributed by atoms with Crippen molar-refractivity contribution < 1.29 is 14.3 Å². The molecule has 3 heteroatoms. The van der Waals surface area contributed by atoms with Crippen molar-refractivity contribution in [2.75, 3.05) is 0 Å². The fourth-order valence-corrected chi connectivity index (χ4v) is 3.63. The van der Waals surface area contributed by atoms with Crippen LogP contribution < -0.4 is 0 Å². The maximum Gasteiger partial charge on any atom is 0.346 e. The summed E-state index contributed by atoms with van der Waals surface area (Å²) in [5, 5.41) is 0. The standard InChI is InChI=1S/C22H12O3/c23-20-12-19(22(24)25-20)18-11-14-6-2-4-8-16(14)21(18)17-10-9-13-5-1-3-7-15(13)17/h1-12H. The van der Waals surface area contributed by atoms with Gasteiger partial charge in [0.1, 0.15) is 0 Å². The number of carbonyl (C=O) groups excluding carboxylic acids is 2. The molecule has 2 aromatic rings. The SMILES string of the molecule is O=C1C=C(C2=Cc3ccccc3C2=C2C=Cc3ccccc32)C(=O)O1. The first-order chi connectivity index (χ1) is 12.2. The van der Waals surface area contributed by atoms with Gasteiger partial charge in [0.2, 0.25) is 0 Å². The molecule has 1 aliphatic heterocycles. The van der Waals surface area contributed by atoms with Gasteiger partial charge in [0, 0.05) is 6.08 Å². The molecule has 0 bridgehead atoms. The molecule has 0 amide bonds. The molecule has 3 nitrogen and oxygen atoms in total. The van der Waals surface area contributed by atoms with Crippen LogP contribution in [-0.2, 0) is 14.3 Å². The molecule has 0 aromatic heterocycles. The van der Waals surface area contributed by atoms with E-state index >= 15 is 0 Å². The van der Waals surface area contributed by atoms with E-state index in [4.69, 9.17) is 4.74 Å². The van der Waals surface area contributed by atoms with Gasteiger partial charge < -0.3 is 4.74 Å². The van der Waals surface area contributed by atoms with E-state index in [1.165, 1.54) is 6.08 Å². The molecule has 25 heavy (non-hydrogen) atoms. The number of hydrogen-bond donors (Lipinski definition) is 0. The number of fused-ring (bicyclic) bond motifs is 2. The summed E-state index contributed by atoms with van der Waals surface area (Å²) in [5.74, 6) is -1.19. The normalized spacial score (nSPS) is 20.3. The second-order valence-corrected chi connectivity index (χ2v) is 6.12. The van der Waals surface area contributed by atoms with E-state index in [0.29, 0.717) is 5.57 Å². The second kappa shape index (κ2) is 5.02. The van der Waals surface area contributed by atoms with Gasteiger partial charge in [-0.1, -0.05) is 60.7 Å². The summed E-state index contributed by atoms with van der Waals surface area (Å²) < 4.78 is 4.71. The van der Waals surface area contributed by atoms with Crippen LogP contribution in [0, 0.1) is 0 Å². The van der Waals surface area contributed by atoms with Crippen LogP contribution in [0.2, 0.25) is 0 Å². The number of cyclic esters (lactones) is 2. The third kappa shape index (κ3) is 1.99. The molecule has 0 saturated heterocycles. The van der Waals surface area contributed by atoms with Gasteiger partial charge in [-0.15, -0.1) is 0 Å². The van der Waals surface area contributed by atoms with Crippen molar-refractivity contribution in [1.82, 2.24) is 0 Å². The summed E-state index contributed by atoms with van der Waals surface area (Å²) in [6, 6.07) is 16.1. The maximum absolute atomic E-state index is 12.1. The van der Waals surface area contributed by atoms with Crippen LogP contribution in [0.4, 0.5) is 0 Å². The van der Waals surface area contributed by atoms with Crippen LogP contribution in [0.1, 0.15) is 22.3 Å². The molecule has 5 rings (SSSR count). The van der Waals surface area contributed by atoms with Gasteiger partial charge in [-0.3, -0.25) is 0 Å². The van der Waals surface area contributed by atoms with Gasteiger partial charge in [0.05, 0.1) is 5.57 Å². The Labute approximate surface area is 144 Å². The monoisotopic (exact) mass is 324 g/mol. The van der Waals surface area contributed by atoms with E-state index in [1.807, 2.05) is 42.5 Å². The molecule has 0 N–H and O–H groups in total. The molecule has 118 valence electrons. The van der Waals surface area contributed by atoms with E-state index in [1.54, 1.807) is 0 Å². The smallest absolute Gasteiger partial charge is 0.346 e. The highest BCUT2D eigenvalue weighted by molar-refractivity contribution is 6.22. The predicted octanol–water partition coefficient (Wildman–Crippen LogP) is 4.03. The lowest BCUT2D eigenvalue weighted by Gasteiger charge is -2.12. The Hall–Kier alpha value is -3.46. The quantitative estimate of drug-likeness (QED) is 0.587. The second-order valence-electron chi connectivity index (χ2n) is 6.12. The molecule has 0 atom stereocenters. The third-order valence-electron chi connectivity index (χ3n) is 4.71. The topological polar surface area (TPSA) is 43.4 Å². The van der Waals surface area contributed by atoms with Crippen LogP contribution >= 0.6 is 0 Å². The van der Waals surface area contributed by atoms with Crippen molar-refractivity contribution in [2.24, 2.45) is 0 Å². The highest BCUT2D eigenvalue weighted by Gasteiger charge is 2.33. The molecule has 2 aliphatic carbocycles. The van der Waals surface area contributed by atoms with Crippen LogP contribution in [0.15, 0.2) is 71.8 Å². The Balaban J connectivity index is 1.80. The average Bonchev–Trinajstić information content (AvgIpc) is 3.28. The van der Waals surface area contributed by atoms with Crippen molar-refractivity contribution in [3.8, 4) is 0 Å². The molecule has 2 aromatic carbocycles. The number of esters is 2. The summed E-state index contributed by atoms with van der Waals surface area (Å²) >= 11 is 0. The van der Waals surface area contributed by atoms with Crippen molar-refractivity contribution in [3.05, 3.63) is 94.1 Å². The fraction of sp³-hybridized carbons (Fsp3) is 0.